The number of hydrogen-bond donors (Lipinski definition) is 1. The molecule has 110 valence electrons. The van der Waals surface area contributed by atoms with Gasteiger partial charge in [0, 0.05) is 29.0 Å². The topological polar surface area (TPSA) is 29.1 Å². The number of amides is 1. The molecule has 0 spiro atoms. The number of nitrogens with one attached hydrogen (secondary N) is 1. The molecular formula is C16H16BrNOS2. The maximum absolute atomic E-state index is 11.6. The molecule has 5 heteroatoms. The number of halogens is 1. The number of benzene rings is 1. The van der Waals surface area contributed by atoms with E-state index in [1.807, 2.05) is 48.2 Å². The van der Waals surface area contributed by atoms with Crippen LogP contribution in [0.2, 0.25) is 0 Å². The van der Waals surface area contributed by atoms with E-state index >= 15 is 0 Å². The van der Waals surface area contributed by atoms with E-state index < -0.39 is 0 Å². The van der Waals surface area contributed by atoms with Crippen molar-refractivity contribution in [1.29, 1.82) is 0 Å². The molecular weight excluding hydrogens is 366 g/mol. The van der Waals surface area contributed by atoms with Gasteiger partial charge >= 0.3 is 0 Å². The van der Waals surface area contributed by atoms with Crippen molar-refractivity contribution in [3.05, 3.63) is 62.8 Å². The molecule has 0 aliphatic carbocycles. The van der Waals surface area contributed by atoms with E-state index in [9.17, 15) is 4.79 Å². The Hall–Kier alpha value is -1.04. The third-order valence-electron chi connectivity index (χ3n) is 2.65. The molecule has 1 aromatic carbocycles. The molecule has 0 aliphatic heterocycles. The van der Waals surface area contributed by atoms with Crippen molar-refractivity contribution in [2.24, 2.45) is 0 Å². The summed E-state index contributed by atoms with van der Waals surface area (Å²) in [5.41, 5.74) is 1.03. The van der Waals surface area contributed by atoms with Gasteiger partial charge in [0.1, 0.15) is 0 Å². The molecule has 21 heavy (non-hydrogen) atoms. The van der Waals surface area contributed by atoms with Gasteiger partial charge in [-0.15, -0.1) is 11.3 Å². The van der Waals surface area contributed by atoms with Crippen molar-refractivity contribution in [3.8, 4) is 0 Å². The van der Waals surface area contributed by atoms with E-state index in [0.29, 0.717) is 6.54 Å². The molecule has 0 bridgehead atoms. The lowest BCUT2D eigenvalue weighted by Gasteiger charge is -2.01. The summed E-state index contributed by atoms with van der Waals surface area (Å²) in [5, 5.41) is 2.89. The number of carbonyl (C=O) groups is 1. The van der Waals surface area contributed by atoms with Gasteiger partial charge in [-0.2, -0.15) is 11.8 Å². The van der Waals surface area contributed by atoms with E-state index in [2.05, 4.69) is 33.4 Å². The first-order valence-electron chi connectivity index (χ1n) is 6.57. The van der Waals surface area contributed by atoms with Gasteiger partial charge in [0.15, 0.2) is 0 Å². The predicted octanol–water partition coefficient (Wildman–Crippen LogP) is 4.57. The van der Waals surface area contributed by atoms with Crippen LogP contribution in [0.15, 0.2) is 52.3 Å². The maximum atomic E-state index is 11.6. The average molecular weight is 382 g/mol. The second-order valence-electron chi connectivity index (χ2n) is 4.29. The van der Waals surface area contributed by atoms with Crippen molar-refractivity contribution < 1.29 is 4.79 Å². The largest absolute Gasteiger partial charge is 0.352 e. The Labute approximate surface area is 141 Å². The van der Waals surface area contributed by atoms with Gasteiger partial charge in [-0.05, 0) is 39.7 Å². The lowest BCUT2D eigenvalue weighted by Crippen LogP contribution is -2.23. The number of rotatable bonds is 7. The Kier molecular flexibility index (Phi) is 7.06. The highest BCUT2D eigenvalue weighted by Crippen LogP contribution is 2.25. The molecule has 1 heterocycles. The summed E-state index contributed by atoms with van der Waals surface area (Å²) in [5.74, 6) is 1.87. The van der Waals surface area contributed by atoms with E-state index in [0.717, 1.165) is 20.9 Å². The Morgan fingerprint density at radius 1 is 1.24 bits per heavy atom. The zero-order valence-corrected chi connectivity index (χ0v) is 14.6. The molecule has 1 amide bonds. The predicted molar refractivity (Wildman–Crippen MR) is 96.7 cm³/mol. The standard InChI is InChI=1S/C16H16BrNOS2/c17-15-8-7-14(21-15)12-20-11-10-18-16(19)9-6-13-4-2-1-3-5-13/h1-9H,10-12H2,(H,18,19)/b9-6+. The average Bonchev–Trinajstić information content (AvgIpc) is 2.91. The van der Waals surface area contributed by atoms with Crippen molar-refractivity contribution >= 4 is 51.0 Å². The molecule has 0 atom stereocenters. The summed E-state index contributed by atoms with van der Waals surface area (Å²) < 4.78 is 1.16. The van der Waals surface area contributed by atoms with Crippen molar-refractivity contribution in [2.45, 2.75) is 5.75 Å². The minimum atomic E-state index is -0.0432. The van der Waals surface area contributed by atoms with Crippen LogP contribution in [0.1, 0.15) is 10.4 Å². The second kappa shape index (κ2) is 9.07. The summed E-state index contributed by atoms with van der Waals surface area (Å²) in [6.45, 7) is 0.690. The van der Waals surface area contributed by atoms with Crippen LogP contribution in [0.5, 0.6) is 0 Å². The smallest absolute Gasteiger partial charge is 0.244 e. The number of thiophene rings is 1. The molecule has 0 fully saturated rings. The first-order valence-corrected chi connectivity index (χ1v) is 9.33. The fourth-order valence-corrected chi connectivity index (χ4v) is 4.10. The fourth-order valence-electron chi connectivity index (χ4n) is 1.64. The van der Waals surface area contributed by atoms with Gasteiger partial charge in [-0.25, -0.2) is 0 Å². The maximum Gasteiger partial charge on any atom is 0.244 e. The summed E-state index contributed by atoms with van der Waals surface area (Å²) >= 11 is 7.04. The van der Waals surface area contributed by atoms with E-state index in [1.165, 1.54) is 4.88 Å². The van der Waals surface area contributed by atoms with Crippen molar-refractivity contribution in [1.82, 2.24) is 5.32 Å². The Morgan fingerprint density at radius 2 is 2.05 bits per heavy atom. The first kappa shape index (κ1) is 16.3. The molecule has 0 saturated carbocycles. The summed E-state index contributed by atoms with van der Waals surface area (Å²) in [4.78, 5) is 13.0. The number of carbonyl (C=O) groups excluding carboxylic acids is 1. The van der Waals surface area contributed by atoms with E-state index in [4.69, 9.17) is 0 Å². The number of hydrogen-bond acceptors (Lipinski definition) is 3. The summed E-state index contributed by atoms with van der Waals surface area (Å²) in [6, 6.07) is 14.0. The highest BCUT2D eigenvalue weighted by atomic mass is 79.9. The van der Waals surface area contributed by atoms with Gasteiger partial charge in [-0.3, -0.25) is 4.79 Å². The van der Waals surface area contributed by atoms with Crippen molar-refractivity contribution in [3.63, 3.8) is 0 Å². The van der Waals surface area contributed by atoms with Gasteiger partial charge < -0.3 is 5.32 Å². The Morgan fingerprint density at radius 3 is 2.76 bits per heavy atom. The van der Waals surface area contributed by atoms with Crippen LogP contribution < -0.4 is 5.32 Å². The minimum absolute atomic E-state index is 0.0432. The summed E-state index contributed by atoms with van der Waals surface area (Å²) in [7, 11) is 0. The second-order valence-corrected chi connectivity index (χ2v) is 7.95. The lowest BCUT2D eigenvalue weighted by atomic mass is 10.2. The molecule has 2 rings (SSSR count). The van der Waals surface area contributed by atoms with Crippen LogP contribution in [-0.2, 0) is 10.5 Å². The van der Waals surface area contributed by atoms with Crippen molar-refractivity contribution in [2.75, 3.05) is 12.3 Å². The summed E-state index contributed by atoms with van der Waals surface area (Å²) in [6.07, 6.45) is 3.40. The van der Waals surface area contributed by atoms with E-state index in [1.54, 1.807) is 17.4 Å². The molecule has 1 aromatic heterocycles. The fraction of sp³-hybridized carbons (Fsp3) is 0.188. The van der Waals surface area contributed by atoms with Gasteiger partial charge in [0.2, 0.25) is 5.91 Å². The van der Waals surface area contributed by atoms with Crippen LogP contribution >= 0.6 is 39.0 Å². The molecule has 2 nitrogen and oxygen atoms in total. The third kappa shape index (κ3) is 6.50. The SMILES string of the molecule is O=C(/C=C/c1ccccc1)NCCSCc1ccc(Br)s1. The van der Waals surface area contributed by atoms with Crippen LogP contribution in [-0.4, -0.2) is 18.2 Å². The quantitative estimate of drug-likeness (QED) is 0.561. The number of thioether (sulfide) groups is 1. The molecule has 0 radical (unpaired) electrons. The third-order valence-corrected chi connectivity index (χ3v) is 5.46. The first-order chi connectivity index (χ1) is 10.2. The van der Waals surface area contributed by atoms with Gasteiger partial charge in [0.25, 0.3) is 0 Å². The zero-order chi connectivity index (χ0) is 14.9. The van der Waals surface area contributed by atoms with E-state index in [-0.39, 0.29) is 5.91 Å². The molecule has 0 aliphatic rings. The normalized spacial score (nSPS) is 10.9. The van der Waals surface area contributed by atoms with Crippen LogP contribution in [0.25, 0.3) is 6.08 Å². The highest BCUT2D eigenvalue weighted by molar-refractivity contribution is 9.11. The Bertz CT molecular complexity index is 595. The molecule has 1 N–H and O–H groups in total. The lowest BCUT2D eigenvalue weighted by molar-refractivity contribution is -0.116. The monoisotopic (exact) mass is 381 g/mol. The van der Waals surface area contributed by atoms with Crippen LogP contribution in [0.4, 0.5) is 0 Å². The molecule has 0 unspecified atom stereocenters. The zero-order valence-electron chi connectivity index (χ0n) is 11.4. The van der Waals surface area contributed by atoms with Crippen LogP contribution in [0, 0.1) is 0 Å². The van der Waals surface area contributed by atoms with Gasteiger partial charge in [0.05, 0.1) is 3.79 Å². The van der Waals surface area contributed by atoms with Gasteiger partial charge in [-0.1, -0.05) is 30.3 Å². The Balaban J connectivity index is 1.60. The van der Waals surface area contributed by atoms with Crippen LogP contribution in [0.3, 0.4) is 0 Å². The highest BCUT2D eigenvalue weighted by Gasteiger charge is 1.99. The minimum Gasteiger partial charge on any atom is -0.352 e. The molecule has 2 aromatic rings. The molecule has 0 saturated heterocycles.